The highest BCUT2D eigenvalue weighted by molar-refractivity contribution is 5.84. The summed E-state index contributed by atoms with van der Waals surface area (Å²) in [6.45, 7) is 8.95. The first-order valence-electron chi connectivity index (χ1n) is 7.66. The van der Waals surface area contributed by atoms with Crippen LogP contribution >= 0.6 is 0 Å². The maximum absolute atomic E-state index is 12.5. The van der Waals surface area contributed by atoms with E-state index in [2.05, 4.69) is 37.9 Å². The molecule has 3 nitrogen and oxygen atoms in total. The monoisotopic (exact) mass is 252 g/mol. The molecule has 1 amide bonds. The van der Waals surface area contributed by atoms with Crippen molar-refractivity contribution in [3.63, 3.8) is 0 Å². The molecule has 3 heteroatoms. The number of nitrogens with zero attached hydrogens (tertiary/aromatic N) is 1. The summed E-state index contributed by atoms with van der Waals surface area (Å²) >= 11 is 0. The van der Waals surface area contributed by atoms with E-state index in [1.54, 1.807) is 0 Å². The van der Waals surface area contributed by atoms with Crippen molar-refractivity contribution in [2.24, 2.45) is 11.8 Å². The van der Waals surface area contributed by atoms with Gasteiger partial charge < -0.3 is 4.90 Å². The number of hydrogen-bond donors (Lipinski definition) is 1. The van der Waals surface area contributed by atoms with Crippen LogP contribution in [0.2, 0.25) is 0 Å². The lowest BCUT2D eigenvalue weighted by Crippen LogP contribution is -2.47. The predicted molar refractivity (Wildman–Crippen MR) is 74.1 cm³/mol. The molecular formula is C15H28N2O. The van der Waals surface area contributed by atoms with Gasteiger partial charge in [0.2, 0.25) is 5.91 Å². The Labute approximate surface area is 111 Å². The van der Waals surface area contributed by atoms with Gasteiger partial charge in [0.15, 0.2) is 0 Å². The summed E-state index contributed by atoms with van der Waals surface area (Å²) in [7, 11) is 0. The zero-order chi connectivity index (χ0) is 13.3. The molecule has 1 aliphatic heterocycles. The van der Waals surface area contributed by atoms with E-state index in [1.807, 2.05) is 0 Å². The highest BCUT2D eigenvalue weighted by Crippen LogP contribution is 2.34. The lowest BCUT2D eigenvalue weighted by molar-refractivity contribution is -0.133. The number of amides is 1. The Morgan fingerprint density at radius 1 is 1.17 bits per heavy atom. The van der Waals surface area contributed by atoms with Crippen LogP contribution in [0.25, 0.3) is 0 Å². The molecule has 1 N–H and O–H groups in total. The second-order valence-electron chi connectivity index (χ2n) is 6.22. The second kappa shape index (κ2) is 5.60. The lowest BCUT2D eigenvalue weighted by Gasteiger charge is -2.39. The van der Waals surface area contributed by atoms with Crippen LogP contribution in [0.15, 0.2) is 0 Å². The summed E-state index contributed by atoms with van der Waals surface area (Å²) in [5.41, 5.74) is 0. The van der Waals surface area contributed by atoms with Crippen LogP contribution in [-0.4, -0.2) is 29.1 Å². The molecule has 1 saturated heterocycles. The standard InChI is InChI=1S/C15H28N2O/c1-5-13-15(18)17(14(6-2)16-13)12-8-7-10(3)11(4)9-12/h10-14,16H,5-9H2,1-4H3. The molecule has 1 heterocycles. The first kappa shape index (κ1) is 13.9. The Hall–Kier alpha value is -0.570. The molecule has 18 heavy (non-hydrogen) atoms. The summed E-state index contributed by atoms with van der Waals surface area (Å²) < 4.78 is 0. The van der Waals surface area contributed by atoms with Crippen molar-refractivity contribution in [2.75, 3.05) is 0 Å². The molecule has 1 aliphatic carbocycles. The molecule has 0 bridgehead atoms. The van der Waals surface area contributed by atoms with Crippen molar-refractivity contribution in [3.05, 3.63) is 0 Å². The zero-order valence-corrected chi connectivity index (χ0v) is 12.3. The van der Waals surface area contributed by atoms with Crippen molar-refractivity contribution < 1.29 is 4.79 Å². The van der Waals surface area contributed by atoms with Crippen LogP contribution in [0.1, 0.15) is 59.8 Å². The molecule has 104 valence electrons. The SMILES string of the molecule is CCC1NC(CC)N(C2CCC(C)C(C)C2)C1=O. The summed E-state index contributed by atoms with van der Waals surface area (Å²) in [5, 5.41) is 3.49. The third-order valence-electron chi connectivity index (χ3n) is 5.04. The second-order valence-corrected chi connectivity index (χ2v) is 6.22. The normalized spacial score (nSPS) is 41.4. The molecule has 0 aromatic carbocycles. The molecule has 1 saturated carbocycles. The summed E-state index contributed by atoms with van der Waals surface area (Å²) in [4.78, 5) is 14.6. The molecule has 2 rings (SSSR count). The molecule has 0 spiro atoms. The quantitative estimate of drug-likeness (QED) is 0.837. The van der Waals surface area contributed by atoms with Gasteiger partial charge in [0, 0.05) is 6.04 Å². The first-order valence-corrected chi connectivity index (χ1v) is 7.66. The molecule has 0 aromatic heterocycles. The fourth-order valence-electron chi connectivity index (χ4n) is 3.53. The Morgan fingerprint density at radius 3 is 2.44 bits per heavy atom. The van der Waals surface area contributed by atoms with E-state index in [9.17, 15) is 4.79 Å². The molecular weight excluding hydrogens is 224 g/mol. The minimum atomic E-state index is 0.0598. The topological polar surface area (TPSA) is 32.3 Å². The fraction of sp³-hybridized carbons (Fsp3) is 0.933. The Bertz CT molecular complexity index is 305. The average molecular weight is 252 g/mol. The van der Waals surface area contributed by atoms with Crippen LogP contribution in [-0.2, 0) is 4.79 Å². The number of nitrogens with one attached hydrogen (secondary N) is 1. The summed E-state index contributed by atoms with van der Waals surface area (Å²) in [5.74, 6) is 1.90. The van der Waals surface area contributed by atoms with E-state index in [-0.39, 0.29) is 12.2 Å². The van der Waals surface area contributed by atoms with Gasteiger partial charge in [-0.05, 0) is 43.9 Å². The van der Waals surface area contributed by atoms with Crippen molar-refractivity contribution in [1.82, 2.24) is 10.2 Å². The van der Waals surface area contributed by atoms with Crippen molar-refractivity contribution >= 4 is 5.91 Å². The predicted octanol–water partition coefficient (Wildman–Crippen LogP) is 2.76. The van der Waals surface area contributed by atoms with Crippen LogP contribution < -0.4 is 5.32 Å². The van der Waals surface area contributed by atoms with Crippen molar-refractivity contribution in [1.29, 1.82) is 0 Å². The molecule has 5 atom stereocenters. The summed E-state index contributed by atoms with van der Waals surface area (Å²) in [6.07, 6.45) is 5.83. The van der Waals surface area contributed by atoms with E-state index in [1.165, 1.54) is 19.3 Å². The average Bonchev–Trinajstić information content (AvgIpc) is 2.69. The van der Waals surface area contributed by atoms with Gasteiger partial charge in [0.1, 0.15) is 0 Å². The van der Waals surface area contributed by atoms with Gasteiger partial charge in [-0.1, -0.05) is 27.7 Å². The van der Waals surface area contributed by atoms with E-state index < -0.39 is 0 Å². The van der Waals surface area contributed by atoms with E-state index in [0.29, 0.717) is 11.9 Å². The maximum Gasteiger partial charge on any atom is 0.241 e. The van der Waals surface area contributed by atoms with Gasteiger partial charge in [-0.3, -0.25) is 10.1 Å². The zero-order valence-electron chi connectivity index (χ0n) is 12.3. The number of carbonyl (C=O) groups excluding carboxylic acids is 1. The number of rotatable bonds is 3. The first-order chi connectivity index (χ1) is 8.58. The van der Waals surface area contributed by atoms with Crippen molar-refractivity contribution in [3.8, 4) is 0 Å². The van der Waals surface area contributed by atoms with Gasteiger partial charge in [-0.2, -0.15) is 0 Å². The van der Waals surface area contributed by atoms with Gasteiger partial charge in [0.05, 0.1) is 12.2 Å². The maximum atomic E-state index is 12.5. The van der Waals surface area contributed by atoms with Gasteiger partial charge in [0.25, 0.3) is 0 Å². The van der Waals surface area contributed by atoms with Gasteiger partial charge in [-0.25, -0.2) is 0 Å². The minimum Gasteiger partial charge on any atom is -0.323 e. The fourth-order valence-corrected chi connectivity index (χ4v) is 3.53. The van der Waals surface area contributed by atoms with E-state index >= 15 is 0 Å². The van der Waals surface area contributed by atoms with Crippen LogP contribution in [0.3, 0.4) is 0 Å². The van der Waals surface area contributed by atoms with Crippen LogP contribution in [0.5, 0.6) is 0 Å². The molecule has 2 aliphatic rings. The minimum absolute atomic E-state index is 0.0598. The smallest absolute Gasteiger partial charge is 0.241 e. The van der Waals surface area contributed by atoms with Crippen molar-refractivity contribution in [2.45, 2.75) is 78.0 Å². The van der Waals surface area contributed by atoms with E-state index in [4.69, 9.17) is 0 Å². The summed E-state index contributed by atoms with van der Waals surface area (Å²) in [6, 6.07) is 0.530. The molecule has 2 fully saturated rings. The molecule has 5 unspecified atom stereocenters. The number of carbonyl (C=O) groups is 1. The Balaban J connectivity index is 2.08. The highest BCUT2D eigenvalue weighted by atomic mass is 16.2. The Morgan fingerprint density at radius 2 is 1.89 bits per heavy atom. The highest BCUT2D eigenvalue weighted by Gasteiger charge is 2.42. The van der Waals surface area contributed by atoms with Crippen LogP contribution in [0.4, 0.5) is 0 Å². The molecule has 0 aromatic rings. The lowest BCUT2D eigenvalue weighted by atomic mass is 9.78. The van der Waals surface area contributed by atoms with Gasteiger partial charge >= 0.3 is 0 Å². The van der Waals surface area contributed by atoms with E-state index in [0.717, 1.165) is 24.7 Å². The Kier molecular flexibility index (Phi) is 4.31. The third kappa shape index (κ3) is 2.42. The third-order valence-corrected chi connectivity index (χ3v) is 5.04. The van der Waals surface area contributed by atoms with Gasteiger partial charge in [-0.15, -0.1) is 0 Å². The number of hydrogen-bond acceptors (Lipinski definition) is 2. The van der Waals surface area contributed by atoms with Crippen LogP contribution in [0, 0.1) is 11.8 Å². The molecule has 0 radical (unpaired) electrons. The largest absolute Gasteiger partial charge is 0.323 e.